The number of aliphatic hydroxyl groups excluding tert-OH is 1. The molecule has 0 aliphatic heterocycles. The van der Waals surface area contributed by atoms with Gasteiger partial charge in [0.15, 0.2) is 11.6 Å². The van der Waals surface area contributed by atoms with Crippen molar-refractivity contribution in [2.24, 2.45) is 10.4 Å². The SMILES string of the molecule is CC1(C)CC(=O)C(/C=N\c2cc(-c3ccc(Cl)cc3)nn2-c2ccccc2)=C(O)C1. The number of benzene rings is 2. The Morgan fingerprint density at radius 1 is 1.10 bits per heavy atom. The quantitative estimate of drug-likeness (QED) is 0.520. The minimum absolute atomic E-state index is 0.0868. The van der Waals surface area contributed by atoms with Gasteiger partial charge in [-0.1, -0.05) is 55.8 Å². The van der Waals surface area contributed by atoms with Crippen molar-refractivity contribution in [1.29, 1.82) is 0 Å². The number of hydrogen-bond donors (Lipinski definition) is 1. The molecular weight excluding hydrogens is 398 g/mol. The van der Waals surface area contributed by atoms with Gasteiger partial charge in [-0.05, 0) is 29.7 Å². The number of aromatic nitrogens is 2. The van der Waals surface area contributed by atoms with Crippen LogP contribution in [0.2, 0.25) is 5.02 Å². The number of ketones is 1. The van der Waals surface area contributed by atoms with E-state index in [0.717, 1.165) is 16.9 Å². The Bertz CT molecular complexity index is 1140. The minimum Gasteiger partial charge on any atom is -0.511 e. The van der Waals surface area contributed by atoms with E-state index in [4.69, 9.17) is 16.7 Å². The zero-order valence-electron chi connectivity index (χ0n) is 16.8. The fourth-order valence-corrected chi connectivity index (χ4v) is 3.69. The van der Waals surface area contributed by atoms with E-state index in [1.165, 1.54) is 6.21 Å². The lowest BCUT2D eigenvalue weighted by Crippen LogP contribution is -2.26. The first-order valence-electron chi connectivity index (χ1n) is 9.73. The van der Waals surface area contributed by atoms with E-state index in [1.54, 1.807) is 4.68 Å². The summed E-state index contributed by atoms with van der Waals surface area (Å²) in [4.78, 5) is 17.0. The molecule has 1 aliphatic carbocycles. The molecule has 0 amide bonds. The first kappa shape index (κ1) is 20.1. The zero-order valence-corrected chi connectivity index (χ0v) is 17.6. The van der Waals surface area contributed by atoms with Crippen molar-refractivity contribution in [2.45, 2.75) is 26.7 Å². The Hall–Kier alpha value is -3.18. The van der Waals surface area contributed by atoms with Gasteiger partial charge in [-0.25, -0.2) is 9.67 Å². The average molecular weight is 420 g/mol. The lowest BCUT2D eigenvalue weighted by molar-refractivity contribution is -0.117. The summed E-state index contributed by atoms with van der Waals surface area (Å²) in [6.45, 7) is 3.94. The van der Waals surface area contributed by atoms with E-state index >= 15 is 0 Å². The summed E-state index contributed by atoms with van der Waals surface area (Å²) < 4.78 is 1.72. The van der Waals surface area contributed by atoms with E-state index in [2.05, 4.69) is 4.99 Å². The maximum Gasteiger partial charge on any atom is 0.168 e. The molecule has 1 aliphatic rings. The number of nitrogens with zero attached hydrogens (tertiary/aromatic N) is 3. The van der Waals surface area contributed by atoms with Crippen molar-refractivity contribution >= 4 is 29.4 Å². The fraction of sp³-hybridized carbons (Fsp3) is 0.208. The summed E-state index contributed by atoms with van der Waals surface area (Å²) in [5.41, 5.74) is 2.51. The van der Waals surface area contributed by atoms with Crippen molar-refractivity contribution in [1.82, 2.24) is 9.78 Å². The molecule has 4 rings (SSSR count). The van der Waals surface area contributed by atoms with Crippen molar-refractivity contribution in [3.05, 3.63) is 77.0 Å². The number of carbonyl (C=O) groups excluding carboxylic acids is 1. The van der Waals surface area contributed by atoms with Crippen LogP contribution in [0.15, 0.2) is 77.0 Å². The van der Waals surface area contributed by atoms with Crippen LogP contribution >= 0.6 is 11.6 Å². The van der Waals surface area contributed by atoms with Crippen LogP contribution in [0.4, 0.5) is 5.82 Å². The Morgan fingerprint density at radius 3 is 2.47 bits per heavy atom. The zero-order chi connectivity index (χ0) is 21.3. The summed E-state index contributed by atoms with van der Waals surface area (Å²) in [6.07, 6.45) is 2.29. The van der Waals surface area contributed by atoms with Crippen LogP contribution in [0.5, 0.6) is 0 Å². The van der Waals surface area contributed by atoms with Gasteiger partial charge in [-0.2, -0.15) is 5.10 Å². The maximum absolute atomic E-state index is 12.5. The monoisotopic (exact) mass is 419 g/mol. The molecule has 0 bridgehead atoms. The number of para-hydroxylation sites is 1. The van der Waals surface area contributed by atoms with Crippen molar-refractivity contribution < 1.29 is 9.90 Å². The summed E-state index contributed by atoms with van der Waals surface area (Å²) >= 11 is 6.00. The molecule has 0 spiro atoms. The molecule has 2 aromatic carbocycles. The smallest absolute Gasteiger partial charge is 0.168 e. The standard InChI is InChI=1S/C24H22ClN3O2/c1-24(2)13-21(29)19(22(30)14-24)15-26-23-12-20(16-8-10-17(25)11-9-16)27-28(23)18-6-4-3-5-7-18/h3-12,15,29H,13-14H2,1-2H3/b26-15-. The van der Waals surface area contributed by atoms with E-state index in [1.807, 2.05) is 74.5 Å². The molecule has 3 aromatic rings. The van der Waals surface area contributed by atoms with E-state index in [-0.39, 0.29) is 22.5 Å². The normalized spacial score (nSPS) is 16.4. The molecule has 0 radical (unpaired) electrons. The lowest BCUT2D eigenvalue weighted by atomic mass is 9.77. The van der Waals surface area contributed by atoms with Gasteiger partial charge in [-0.15, -0.1) is 0 Å². The van der Waals surface area contributed by atoms with Gasteiger partial charge < -0.3 is 5.11 Å². The number of allylic oxidation sites excluding steroid dienone is 2. The van der Waals surface area contributed by atoms with Crippen LogP contribution in [-0.2, 0) is 4.79 Å². The first-order valence-corrected chi connectivity index (χ1v) is 10.1. The van der Waals surface area contributed by atoms with Gasteiger partial charge in [0, 0.05) is 35.7 Å². The molecule has 0 unspecified atom stereocenters. The number of halogens is 1. The van der Waals surface area contributed by atoms with Crippen molar-refractivity contribution in [2.75, 3.05) is 0 Å². The number of carbonyl (C=O) groups is 1. The van der Waals surface area contributed by atoms with E-state index in [9.17, 15) is 9.90 Å². The second-order valence-electron chi connectivity index (χ2n) is 8.20. The van der Waals surface area contributed by atoms with Crippen LogP contribution in [0.3, 0.4) is 0 Å². The fourth-order valence-electron chi connectivity index (χ4n) is 3.56. The molecule has 6 heteroatoms. The summed E-state index contributed by atoms with van der Waals surface area (Å²) in [5, 5.41) is 15.7. The maximum atomic E-state index is 12.5. The number of aliphatic hydroxyl groups is 1. The van der Waals surface area contributed by atoms with Gasteiger partial charge in [0.25, 0.3) is 0 Å². The topological polar surface area (TPSA) is 67.5 Å². The van der Waals surface area contributed by atoms with Crippen LogP contribution in [0.25, 0.3) is 16.9 Å². The number of Topliss-reactive ketones (excluding diaryl/α,β-unsaturated/α-hetero) is 1. The minimum atomic E-state index is -0.244. The average Bonchev–Trinajstić information content (AvgIpc) is 3.12. The highest BCUT2D eigenvalue weighted by Gasteiger charge is 2.32. The third-order valence-electron chi connectivity index (χ3n) is 5.05. The molecule has 30 heavy (non-hydrogen) atoms. The molecule has 1 aromatic heterocycles. The molecule has 0 fully saturated rings. The molecular formula is C24H22ClN3O2. The van der Waals surface area contributed by atoms with Crippen molar-refractivity contribution in [3.63, 3.8) is 0 Å². The van der Waals surface area contributed by atoms with Crippen LogP contribution < -0.4 is 0 Å². The third kappa shape index (κ3) is 4.21. The summed E-state index contributed by atoms with van der Waals surface area (Å²) in [7, 11) is 0. The van der Waals surface area contributed by atoms with Gasteiger partial charge in [0.05, 0.1) is 17.0 Å². The third-order valence-corrected chi connectivity index (χ3v) is 5.31. The number of rotatable bonds is 4. The predicted molar refractivity (Wildman–Crippen MR) is 120 cm³/mol. The first-order chi connectivity index (χ1) is 14.3. The van der Waals surface area contributed by atoms with Gasteiger partial charge in [0.2, 0.25) is 0 Å². The molecule has 0 atom stereocenters. The molecule has 0 saturated carbocycles. The van der Waals surface area contributed by atoms with Crippen LogP contribution in [-0.4, -0.2) is 26.9 Å². The van der Waals surface area contributed by atoms with Gasteiger partial charge in [0.1, 0.15) is 5.76 Å². The molecule has 1 heterocycles. The van der Waals surface area contributed by atoms with Crippen molar-refractivity contribution in [3.8, 4) is 16.9 Å². The second kappa shape index (κ2) is 7.92. The lowest BCUT2D eigenvalue weighted by Gasteiger charge is -2.28. The molecule has 152 valence electrons. The van der Waals surface area contributed by atoms with Crippen LogP contribution in [0, 0.1) is 5.41 Å². The highest BCUT2D eigenvalue weighted by Crippen LogP contribution is 2.35. The van der Waals surface area contributed by atoms with E-state index in [0.29, 0.717) is 23.7 Å². The number of hydrogen-bond acceptors (Lipinski definition) is 4. The summed E-state index contributed by atoms with van der Waals surface area (Å²) in [6, 6.07) is 18.9. The largest absolute Gasteiger partial charge is 0.511 e. The highest BCUT2D eigenvalue weighted by atomic mass is 35.5. The Labute approximate surface area is 180 Å². The Balaban J connectivity index is 1.76. The summed E-state index contributed by atoms with van der Waals surface area (Å²) in [5.74, 6) is 0.545. The van der Waals surface area contributed by atoms with Crippen LogP contribution in [0.1, 0.15) is 26.7 Å². The number of aliphatic imine (C=N–C) groups is 1. The Kier molecular flexibility index (Phi) is 5.31. The molecule has 5 nitrogen and oxygen atoms in total. The van der Waals surface area contributed by atoms with Gasteiger partial charge in [-0.3, -0.25) is 4.79 Å². The van der Waals surface area contributed by atoms with Gasteiger partial charge >= 0.3 is 0 Å². The van der Waals surface area contributed by atoms with E-state index < -0.39 is 0 Å². The predicted octanol–water partition coefficient (Wildman–Crippen LogP) is 6.10. The second-order valence-corrected chi connectivity index (χ2v) is 8.64. The highest BCUT2D eigenvalue weighted by molar-refractivity contribution is 6.30. The Morgan fingerprint density at radius 2 is 1.80 bits per heavy atom. The molecule has 0 saturated heterocycles. The molecule has 1 N–H and O–H groups in total.